The van der Waals surface area contributed by atoms with E-state index in [1.54, 1.807) is 48.5 Å². The summed E-state index contributed by atoms with van der Waals surface area (Å²) in [6.45, 7) is 2.14. The van der Waals surface area contributed by atoms with E-state index in [2.05, 4.69) is 0 Å². The summed E-state index contributed by atoms with van der Waals surface area (Å²) in [6.07, 6.45) is 0.660. The lowest BCUT2D eigenvalue weighted by atomic mass is 9.94. The number of anilines is 1. The summed E-state index contributed by atoms with van der Waals surface area (Å²) in [5, 5.41) is 11.7. The first kappa shape index (κ1) is 26.8. The Balaban J connectivity index is 1.91. The molecule has 38 heavy (non-hydrogen) atoms. The second-order valence-electron chi connectivity index (χ2n) is 8.45. The van der Waals surface area contributed by atoms with Crippen molar-refractivity contribution in [1.29, 1.82) is 0 Å². The minimum absolute atomic E-state index is 0.120. The largest absolute Gasteiger partial charge is 0.507 e. The second kappa shape index (κ2) is 11.4. The molecule has 1 amide bonds. The number of hydrogen-bond acceptors (Lipinski definition) is 7. The highest BCUT2D eigenvalue weighted by atomic mass is 35.5. The number of benzene rings is 3. The van der Waals surface area contributed by atoms with Gasteiger partial charge in [0.05, 0.1) is 48.6 Å². The van der Waals surface area contributed by atoms with Gasteiger partial charge < -0.3 is 19.3 Å². The van der Waals surface area contributed by atoms with E-state index >= 15 is 0 Å². The van der Waals surface area contributed by atoms with Crippen molar-refractivity contribution in [3.05, 3.63) is 94.0 Å². The van der Waals surface area contributed by atoms with Crippen LogP contribution in [0.5, 0.6) is 11.5 Å². The highest BCUT2D eigenvalue weighted by molar-refractivity contribution is 6.51. The highest BCUT2D eigenvalue weighted by Gasteiger charge is 2.47. The summed E-state index contributed by atoms with van der Waals surface area (Å²) in [7, 11) is 2.84. The molecule has 1 aliphatic rings. The molecular weight excluding hydrogens is 510 g/mol. The van der Waals surface area contributed by atoms with Crippen LogP contribution >= 0.6 is 11.6 Å². The minimum Gasteiger partial charge on any atom is -0.507 e. The third-order valence-electron chi connectivity index (χ3n) is 6.09. The molecule has 0 radical (unpaired) electrons. The van der Waals surface area contributed by atoms with Crippen molar-refractivity contribution in [2.24, 2.45) is 0 Å². The highest BCUT2D eigenvalue weighted by Crippen LogP contribution is 2.44. The van der Waals surface area contributed by atoms with Crippen molar-refractivity contribution >= 4 is 40.7 Å². The van der Waals surface area contributed by atoms with Gasteiger partial charge in [0.25, 0.3) is 11.7 Å². The number of aliphatic hydroxyl groups is 1. The van der Waals surface area contributed by atoms with Gasteiger partial charge in [-0.1, -0.05) is 54.9 Å². The van der Waals surface area contributed by atoms with Gasteiger partial charge in [0.2, 0.25) is 0 Å². The van der Waals surface area contributed by atoms with Crippen molar-refractivity contribution < 1.29 is 33.7 Å². The molecule has 1 aliphatic heterocycles. The van der Waals surface area contributed by atoms with E-state index in [4.69, 9.17) is 25.8 Å². The molecule has 3 aromatic carbocycles. The first-order chi connectivity index (χ1) is 18.3. The van der Waals surface area contributed by atoms with Crippen LogP contribution in [0.1, 0.15) is 40.9 Å². The Kier molecular flexibility index (Phi) is 8.02. The summed E-state index contributed by atoms with van der Waals surface area (Å²) in [5.74, 6) is -2.25. The Labute approximate surface area is 225 Å². The zero-order chi connectivity index (χ0) is 27.4. The fourth-order valence-corrected chi connectivity index (χ4v) is 4.54. The number of esters is 1. The maximum atomic E-state index is 13.5. The van der Waals surface area contributed by atoms with Crippen molar-refractivity contribution in [3.8, 4) is 11.5 Å². The van der Waals surface area contributed by atoms with E-state index in [1.807, 2.05) is 6.92 Å². The fraction of sp³-hybridized carbons (Fsp3) is 0.207. The number of halogens is 1. The maximum absolute atomic E-state index is 13.5. The van der Waals surface area contributed by atoms with Crippen LogP contribution in [-0.2, 0) is 14.3 Å². The molecule has 3 aromatic rings. The molecule has 0 bridgehead atoms. The van der Waals surface area contributed by atoms with Crippen LogP contribution in [0.15, 0.2) is 72.3 Å². The Morgan fingerprint density at radius 3 is 2.34 bits per heavy atom. The standard InChI is InChI=1S/C29H26ClNO7/c1-4-13-38-29(35)18-11-8-12-19(14-18)31-25(17-9-6-5-7-10-17)24(27(33)28(31)34)26(32)20-15-21(30)23(37-3)16-22(20)36-2/h5-12,14-16,25,32H,4,13H2,1-3H3/b26-24+. The Hall–Kier alpha value is -4.30. The molecule has 1 N–H and O–H groups in total. The Morgan fingerprint density at radius 1 is 0.974 bits per heavy atom. The molecule has 196 valence electrons. The molecule has 0 aromatic heterocycles. The third kappa shape index (κ3) is 4.95. The van der Waals surface area contributed by atoms with Gasteiger partial charge in [-0.2, -0.15) is 0 Å². The van der Waals surface area contributed by atoms with E-state index in [0.29, 0.717) is 23.4 Å². The van der Waals surface area contributed by atoms with Crippen LogP contribution in [-0.4, -0.2) is 43.6 Å². The van der Waals surface area contributed by atoms with Gasteiger partial charge in [-0.3, -0.25) is 14.5 Å². The monoisotopic (exact) mass is 535 g/mol. The van der Waals surface area contributed by atoms with Crippen molar-refractivity contribution in [1.82, 2.24) is 0 Å². The van der Waals surface area contributed by atoms with Gasteiger partial charge in [-0.15, -0.1) is 0 Å². The number of carbonyl (C=O) groups is 3. The van der Waals surface area contributed by atoms with Gasteiger partial charge in [-0.25, -0.2) is 4.79 Å². The lowest BCUT2D eigenvalue weighted by Gasteiger charge is -2.26. The fourth-order valence-electron chi connectivity index (χ4n) is 4.30. The predicted molar refractivity (Wildman–Crippen MR) is 143 cm³/mol. The van der Waals surface area contributed by atoms with Gasteiger partial charge in [-0.05, 0) is 36.2 Å². The molecule has 0 spiro atoms. The molecule has 4 rings (SSSR count). The van der Waals surface area contributed by atoms with Crippen LogP contribution in [0.25, 0.3) is 5.76 Å². The predicted octanol–water partition coefficient (Wildman–Crippen LogP) is 5.55. The van der Waals surface area contributed by atoms with Gasteiger partial charge in [0.1, 0.15) is 17.3 Å². The molecule has 1 unspecified atom stereocenters. The smallest absolute Gasteiger partial charge is 0.338 e. The van der Waals surface area contributed by atoms with Gasteiger partial charge >= 0.3 is 5.97 Å². The summed E-state index contributed by atoms with van der Waals surface area (Å²) < 4.78 is 15.9. The Bertz CT molecular complexity index is 1420. The van der Waals surface area contributed by atoms with Gasteiger partial charge in [0.15, 0.2) is 0 Å². The second-order valence-corrected chi connectivity index (χ2v) is 8.86. The molecule has 1 atom stereocenters. The molecular formula is C29H26ClNO7. The van der Waals surface area contributed by atoms with E-state index in [9.17, 15) is 19.5 Å². The molecule has 0 aliphatic carbocycles. The van der Waals surface area contributed by atoms with Crippen molar-refractivity contribution in [3.63, 3.8) is 0 Å². The molecule has 1 saturated heterocycles. The average Bonchev–Trinajstić information content (AvgIpc) is 3.21. The van der Waals surface area contributed by atoms with Crippen molar-refractivity contribution in [2.75, 3.05) is 25.7 Å². The van der Waals surface area contributed by atoms with E-state index < -0.39 is 29.5 Å². The number of carbonyl (C=O) groups excluding carboxylic acids is 3. The van der Waals surface area contributed by atoms with Crippen molar-refractivity contribution in [2.45, 2.75) is 19.4 Å². The molecule has 1 heterocycles. The number of ketones is 1. The van der Waals surface area contributed by atoms with E-state index in [0.717, 1.165) is 0 Å². The number of hydrogen-bond donors (Lipinski definition) is 1. The number of amides is 1. The normalized spacial score (nSPS) is 16.4. The molecule has 0 saturated carbocycles. The topological polar surface area (TPSA) is 102 Å². The summed E-state index contributed by atoms with van der Waals surface area (Å²) in [5.41, 5.74) is 1.07. The zero-order valence-corrected chi connectivity index (χ0v) is 21.8. The first-order valence-corrected chi connectivity index (χ1v) is 12.2. The first-order valence-electron chi connectivity index (χ1n) is 11.9. The lowest BCUT2D eigenvalue weighted by molar-refractivity contribution is -0.132. The van der Waals surface area contributed by atoms with E-state index in [-0.39, 0.29) is 34.1 Å². The zero-order valence-electron chi connectivity index (χ0n) is 21.1. The van der Waals surface area contributed by atoms with Crippen LogP contribution < -0.4 is 14.4 Å². The molecule has 8 nitrogen and oxygen atoms in total. The Morgan fingerprint density at radius 2 is 1.68 bits per heavy atom. The van der Waals surface area contributed by atoms with E-state index in [1.165, 1.54) is 37.3 Å². The minimum atomic E-state index is -0.997. The number of ether oxygens (including phenoxy) is 3. The van der Waals surface area contributed by atoms with Crippen LogP contribution in [0.4, 0.5) is 5.69 Å². The molecule has 1 fully saturated rings. The molecule has 9 heteroatoms. The number of methoxy groups -OCH3 is 2. The van der Waals surface area contributed by atoms with Crippen LogP contribution in [0.3, 0.4) is 0 Å². The third-order valence-corrected chi connectivity index (χ3v) is 6.38. The SMILES string of the molecule is CCCOC(=O)c1cccc(N2C(=O)C(=O)/C(=C(/O)c3cc(Cl)c(OC)cc3OC)C2c2ccccc2)c1. The maximum Gasteiger partial charge on any atom is 0.338 e. The summed E-state index contributed by atoms with van der Waals surface area (Å²) in [6, 6.07) is 17.0. The quantitative estimate of drug-likeness (QED) is 0.174. The lowest BCUT2D eigenvalue weighted by Crippen LogP contribution is -2.29. The number of nitrogens with zero attached hydrogens (tertiary/aromatic N) is 1. The number of aliphatic hydroxyl groups excluding tert-OH is 1. The number of rotatable bonds is 8. The van der Waals surface area contributed by atoms with Crippen LogP contribution in [0, 0.1) is 0 Å². The number of Topliss-reactive ketones (excluding diaryl/α,β-unsaturated/α-hetero) is 1. The van der Waals surface area contributed by atoms with Crippen LogP contribution in [0.2, 0.25) is 5.02 Å². The summed E-state index contributed by atoms with van der Waals surface area (Å²) in [4.78, 5) is 40.7. The van der Waals surface area contributed by atoms with Gasteiger partial charge in [0, 0.05) is 11.8 Å². The summed E-state index contributed by atoms with van der Waals surface area (Å²) >= 11 is 6.32. The average molecular weight is 536 g/mol.